The minimum atomic E-state index is -0.118. The molecule has 5 nitrogen and oxygen atoms in total. The third kappa shape index (κ3) is 5.35. The van der Waals surface area contributed by atoms with Crippen molar-refractivity contribution in [2.75, 3.05) is 17.3 Å². The molecule has 0 radical (unpaired) electrons. The van der Waals surface area contributed by atoms with Gasteiger partial charge in [0, 0.05) is 19.7 Å². The minimum Gasteiger partial charge on any atom is -0.489 e. The van der Waals surface area contributed by atoms with Gasteiger partial charge in [0.1, 0.15) is 5.75 Å². The number of anilines is 2. The summed E-state index contributed by atoms with van der Waals surface area (Å²) in [6.45, 7) is 5.40. The second-order valence-corrected chi connectivity index (χ2v) is 6.13. The highest BCUT2D eigenvalue weighted by Crippen LogP contribution is 2.25. The fourth-order valence-electron chi connectivity index (χ4n) is 2.33. The highest BCUT2D eigenvalue weighted by atomic mass is 16.5. The molecule has 0 heterocycles. The van der Waals surface area contributed by atoms with Crippen LogP contribution in [0.3, 0.4) is 0 Å². The first-order chi connectivity index (χ1) is 11.9. The molecule has 132 valence electrons. The van der Waals surface area contributed by atoms with Crippen LogP contribution in [0.5, 0.6) is 5.75 Å². The van der Waals surface area contributed by atoms with Crippen LogP contribution in [-0.2, 0) is 16.0 Å². The van der Waals surface area contributed by atoms with Gasteiger partial charge < -0.3 is 15.0 Å². The van der Waals surface area contributed by atoms with Gasteiger partial charge in [-0.05, 0) is 43.7 Å². The van der Waals surface area contributed by atoms with Gasteiger partial charge >= 0.3 is 0 Å². The van der Waals surface area contributed by atoms with E-state index in [0.717, 1.165) is 11.3 Å². The molecule has 2 aromatic carbocycles. The summed E-state index contributed by atoms with van der Waals surface area (Å²) in [5.74, 6) is 0.504. The Morgan fingerprint density at radius 2 is 1.72 bits per heavy atom. The number of hydrogen-bond donors (Lipinski definition) is 1. The summed E-state index contributed by atoms with van der Waals surface area (Å²) in [7, 11) is 1.72. The SMILES string of the molecule is CC(=O)N(C)c1ccc(CC(=O)Nc2ccccc2OC(C)C)cc1. The summed E-state index contributed by atoms with van der Waals surface area (Å²) in [5, 5.41) is 2.89. The Hall–Kier alpha value is -2.82. The molecule has 0 saturated carbocycles. The van der Waals surface area contributed by atoms with Crippen molar-refractivity contribution in [1.82, 2.24) is 0 Å². The fourth-order valence-corrected chi connectivity index (χ4v) is 2.33. The number of amides is 2. The number of ether oxygens (including phenoxy) is 1. The zero-order valence-corrected chi connectivity index (χ0v) is 15.1. The average molecular weight is 340 g/mol. The van der Waals surface area contributed by atoms with E-state index in [2.05, 4.69) is 5.32 Å². The second-order valence-electron chi connectivity index (χ2n) is 6.13. The molecular formula is C20H24N2O3. The molecule has 25 heavy (non-hydrogen) atoms. The Labute approximate surface area is 148 Å². The molecule has 2 rings (SSSR count). The Morgan fingerprint density at radius 3 is 2.32 bits per heavy atom. The molecule has 2 aromatic rings. The van der Waals surface area contributed by atoms with Crippen molar-refractivity contribution >= 4 is 23.2 Å². The van der Waals surface area contributed by atoms with E-state index in [1.54, 1.807) is 11.9 Å². The van der Waals surface area contributed by atoms with E-state index in [0.29, 0.717) is 11.4 Å². The smallest absolute Gasteiger partial charge is 0.228 e. The van der Waals surface area contributed by atoms with Crippen molar-refractivity contribution in [3.05, 3.63) is 54.1 Å². The van der Waals surface area contributed by atoms with Crippen LogP contribution in [0.2, 0.25) is 0 Å². The van der Waals surface area contributed by atoms with Crippen LogP contribution < -0.4 is 15.0 Å². The molecule has 0 saturated heterocycles. The lowest BCUT2D eigenvalue weighted by molar-refractivity contribution is -0.116. The lowest BCUT2D eigenvalue weighted by Crippen LogP contribution is -2.22. The van der Waals surface area contributed by atoms with Crippen molar-refractivity contribution < 1.29 is 14.3 Å². The maximum absolute atomic E-state index is 12.3. The molecule has 0 aromatic heterocycles. The van der Waals surface area contributed by atoms with E-state index in [1.807, 2.05) is 62.4 Å². The lowest BCUT2D eigenvalue weighted by Gasteiger charge is -2.16. The summed E-state index contributed by atoms with van der Waals surface area (Å²) in [5.41, 5.74) is 2.34. The molecule has 5 heteroatoms. The largest absolute Gasteiger partial charge is 0.489 e. The van der Waals surface area contributed by atoms with Crippen LogP contribution in [-0.4, -0.2) is 25.0 Å². The van der Waals surface area contributed by atoms with Crippen LogP contribution in [0.4, 0.5) is 11.4 Å². The minimum absolute atomic E-state index is 0.0314. The van der Waals surface area contributed by atoms with Crippen LogP contribution in [0.25, 0.3) is 0 Å². The molecule has 0 fully saturated rings. The lowest BCUT2D eigenvalue weighted by atomic mass is 10.1. The van der Waals surface area contributed by atoms with Gasteiger partial charge in [0.2, 0.25) is 11.8 Å². The quantitative estimate of drug-likeness (QED) is 0.873. The van der Waals surface area contributed by atoms with Gasteiger partial charge in [0.05, 0.1) is 18.2 Å². The molecule has 0 unspecified atom stereocenters. The predicted octanol–water partition coefficient (Wildman–Crippen LogP) is 3.64. The van der Waals surface area contributed by atoms with E-state index in [1.165, 1.54) is 6.92 Å². The highest BCUT2D eigenvalue weighted by molar-refractivity contribution is 5.94. The maximum atomic E-state index is 12.3. The monoisotopic (exact) mass is 340 g/mol. The van der Waals surface area contributed by atoms with Crippen molar-refractivity contribution in [1.29, 1.82) is 0 Å². The molecule has 2 amide bonds. The van der Waals surface area contributed by atoms with Gasteiger partial charge in [0.25, 0.3) is 0 Å². The summed E-state index contributed by atoms with van der Waals surface area (Å²) in [6, 6.07) is 14.8. The Balaban J connectivity index is 2.02. The predicted molar refractivity (Wildman–Crippen MR) is 100 cm³/mol. The molecule has 0 spiro atoms. The van der Waals surface area contributed by atoms with Gasteiger partial charge in [0.15, 0.2) is 0 Å². The Morgan fingerprint density at radius 1 is 1.08 bits per heavy atom. The standard InChI is InChI=1S/C20H24N2O3/c1-14(2)25-19-8-6-5-7-18(19)21-20(24)13-16-9-11-17(12-10-16)22(4)15(3)23/h5-12,14H,13H2,1-4H3,(H,21,24). The molecule has 0 aliphatic heterocycles. The van der Waals surface area contributed by atoms with Gasteiger partial charge in [-0.3, -0.25) is 9.59 Å². The first kappa shape index (κ1) is 18.5. The average Bonchev–Trinajstić information content (AvgIpc) is 2.56. The van der Waals surface area contributed by atoms with Crippen LogP contribution in [0, 0.1) is 0 Å². The molecule has 0 aliphatic carbocycles. The van der Waals surface area contributed by atoms with Crippen molar-refractivity contribution in [2.45, 2.75) is 33.3 Å². The zero-order valence-electron chi connectivity index (χ0n) is 15.1. The van der Waals surface area contributed by atoms with Crippen molar-refractivity contribution in [2.24, 2.45) is 0 Å². The fraction of sp³-hybridized carbons (Fsp3) is 0.300. The van der Waals surface area contributed by atoms with Crippen LogP contribution >= 0.6 is 0 Å². The maximum Gasteiger partial charge on any atom is 0.228 e. The molecule has 0 aliphatic rings. The topological polar surface area (TPSA) is 58.6 Å². The molecule has 0 bridgehead atoms. The first-order valence-corrected chi connectivity index (χ1v) is 8.25. The number of carbonyl (C=O) groups excluding carboxylic acids is 2. The van der Waals surface area contributed by atoms with Crippen LogP contribution in [0.15, 0.2) is 48.5 Å². The zero-order chi connectivity index (χ0) is 18.4. The summed E-state index contributed by atoms with van der Waals surface area (Å²) in [6.07, 6.45) is 0.281. The Bertz CT molecular complexity index is 739. The Kier molecular flexibility index (Phi) is 6.17. The van der Waals surface area contributed by atoms with Gasteiger partial charge in [-0.15, -0.1) is 0 Å². The molecular weight excluding hydrogens is 316 g/mol. The van der Waals surface area contributed by atoms with Crippen molar-refractivity contribution in [3.8, 4) is 5.75 Å². The highest BCUT2D eigenvalue weighted by Gasteiger charge is 2.10. The van der Waals surface area contributed by atoms with E-state index in [-0.39, 0.29) is 24.3 Å². The van der Waals surface area contributed by atoms with Crippen molar-refractivity contribution in [3.63, 3.8) is 0 Å². The number of nitrogens with zero attached hydrogens (tertiary/aromatic N) is 1. The van der Waals surface area contributed by atoms with Gasteiger partial charge in [-0.25, -0.2) is 0 Å². The normalized spacial score (nSPS) is 10.4. The van der Waals surface area contributed by atoms with Gasteiger partial charge in [-0.1, -0.05) is 24.3 Å². The second kappa shape index (κ2) is 8.33. The number of nitrogens with one attached hydrogen (secondary N) is 1. The van der Waals surface area contributed by atoms with E-state index < -0.39 is 0 Å². The first-order valence-electron chi connectivity index (χ1n) is 8.25. The summed E-state index contributed by atoms with van der Waals surface area (Å²) in [4.78, 5) is 25.2. The summed E-state index contributed by atoms with van der Waals surface area (Å²) >= 11 is 0. The van der Waals surface area contributed by atoms with E-state index in [9.17, 15) is 9.59 Å². The number of rotatable bonds is 6. The molecule has 0 atom stereocenters. The number of benzene rings is 2. The summed E-state index contributed by atoms with van der Waals surface area (Å²) < 4.78 is 5.71. The third-order valence-corrected chi connectivity index (χ3v) is 3.68. The van der Waals surface area contributed by atoms with E-state index >= 15 is 0 Å². The number of carbonyl (C=O) groups is 2. The van der Waals surface area contributed by atoms with E-state index in [4.69, 9.17) is 4.74 Å². The van der Waals surface area contributed by atoms with Crippen LogP contribution in [0.1, 0.15) is 26.3 Å². The third-order valence-electron chi connectivity index (χ3n) is 3.68. The molecule has 1 N–H and O–H groups in total. The van der Waals surface area contributed by atoms with Gasteiger partial charge in [-0.2, -0.15) is 0 Å². The number of para-hydroxylation sites is 2. The number of hydrogen-bond acceptors (Lipinski definition) is 3.